The number of hydrogen-bond donors (Lipinski definition) is 0. The predicted octanol–water partition coefficient (Wildman–Crippen LogP) is 3.91. The van der Waals surface area contributed by atoms with Crippen LogP contribution in [0.3, 0.4) is 0 Å². The Morgan fingerprint density at radius 2 is 2.04 bits per heavy atom. The Hall–Kier alpha value is -3.00. The largest absolute Gasteiger partial charge is 0.463 e. The zero-order valence-corrected chi connectivity index (χ0v) is 14.5. The van der Waals surface area contributed by atoms with Crippen molar-refractivity contribution in [3.63, 3.8) is 0 Å². The van der Waals surface area contributed by atoms with E-state index in [0.29, 0.717) is 5.76 Å². The molecule has 1 aromatic carbocycles. The fraction of sp³-hybridized carbons (Fsp3) is 0.176. The molecule has 0 atom stereocenters. The maximum atomic E-state index is 10.7. The fourth-order valence-electron chi connectivity index (χ4n) is 2.12. The maximum Gasteiger partial charge on any atom is 0.269 e. The molecule has 0 saturated heterocycles. The monoisotopic (exact) mass is 356 g/mol. The van der Waals surface area contributed by atoms with Crippen LogP contribution < -0.4 is 4.80 Å². The van der Waals surface area contributed by atoms with Gasteiger partial charge in [-0.05, 0) is 43.7 Å². The molecule has 0 amide bonds. The van der Waals surface area contributed by atoms with Crippen molar-refractivity contribution in [2.24, 2.45) is 10.1 Å². The van der Waals surface area contributed by atoms with Gasteiger partial charge in [0, 0.05) is 23.6 Å². The van der Waals surface area contributed by atoms with Crippen LogP contribution in [-0.4, -0.2) is 21.9 Å². The molecule has 3 rings (SSSR count). The summed E-state index contributed by atoms with van der Waals surface area (Å²) < 4.78 is 7.18. The van der Waals surface area contributed by atoms with Crippen molar-refractivity contribution in [2.45, 2.75) is 19.9 Å². The molecule has 25 heavy (non-hydrogen) atoms. The fourth-order valence-corrected chi connectivity index (χ4v) is 3.07. The summed E-state index contributed by atoms with van der Waals surface area (Å²) >= 11 is 1.48. The van der Waals surface area contributed by atoms with E-state index in [9.17, 15) is 10.1 Å². The summed E-state index contributed by atoms with van der Waals surface area (Å²) in [7, 11) is 0. The minimum atomic E-state index is -0.427. The second kappa shape index (κ2) is 7.27. The molecule has 0 fully saturated rings. The molecule has 0 radical (unpaired) electrons. The van der Waals surface area contributed by atoms with Crippen LogP contribution in [0.5, 0.6) is 0 Å². The lowest BCUT2D eigenvalue weighted by Gasteiger charge is -2.01. The molecule has 0 aliphatic rings. The minimum Gasteiger partial charge on any atom is -0.463 e. The lowest BCUT2D eigenvalue weighted by atomic mass is 10.2. The number of aromatic nitrogens is 1. The van der Waals surface area contributed by atoms with Gasteiger partial charge in [-0.15, -0.1) is 11.3 Å². The standard InChI is InChI=1S/C17H16N4O3S/c1-12(2)19-17-20(15(11-25-17)16-4-3-9-24-16)18-10-13-5-7-14(8-6-13)21(22)23/h3-12H,1-2H3. The maximum absolute atomic E-state index is 10.7. The van der Waals surface area contributed by atoms with E-state index in [0.717, 1.165) is 16.1 Å². The molecule has 8 heteroatoms. The van der Waals surface area contributed by atoms with Crippen LogP contribution in [0.4, 0.5) is 5.69 Å². The van der Waals surface area contributed by atoms with E-state index in [1.807, 2.05) is 31.4 Å². The van der Waals surface area contributed by atoms with Gasteiger partial charge in [-0.3, -0.25) is 15.1 Å². The van der Waals surface area contributed by atoms with Gasteiger partial charge >= 0.3 is 0 Å². The Morgan fingerprint density at radius 1 is 1.28 bits per heavy atom. The van der Waals surface area contributed by atoms with Gasteiger partial charge < -0.3 is 4.42 Å². The molecule has 128 valence electrons. The van der Waals surface area contributed by atoms with E-state index >= 15 is 0 Å². The lowest BCUT2D eigenvalue weighted by Crippen LogP contribution is -2.14. The van der Waals surface area contributed by atoms with Crippen LogP contribution >= 0.6 is 11.3 Å². The third-order valence-corrected chi connectivity index (χ3v) is 4.08. The summed E-state index contributed by atoms with van der Waals surface area (Å²) in [6.07, 6.45) is 3.25. The first-order chi connectivity index (χ1) is 12.0. The number of hydrogen-bond acceptors (Lipinski definition) is 6. The Bertz CT molecular complexity index is 951. The highest BCUT2D eigenvalue weighted by Crippen LogP contribution is 2.20. The summed E-state index contributed by atoms with van der Waals surface area (Å²) in [5.74, 6) is 0.697. The summed E-state index contributed by atoms with van der Waals surface area (Å²) in [5, 5.41) is 17.2. The number of rotatable bonds is 5. The van der Waals surface area contributed by atoms with Gasteiger partial charge in [0.15, 0.2) is 5.76 Å². The molecule has 2 heterocycles. The van der Waals surface area contributed by atoms with Crippen molar-refractivity contribution in [3.8, 4) is 11.5 Å². The van der Waals surface area contributed by atoms with Gasteiger partial charge in [0.2, 0.25) is 4.80 Å². The molecule has 2 aromatic heterocycles. The highest BCUT2D eigenvalue weighted by molar-refractivity contribution is 7.07. The van der Waals surface area contributed by atoms with Gasteiger partial charge in [-0.1, -0.05) is 0 Å². The second-order valence-corrected chi connectivity index (χ2v) is 6.35. The summed E-state index contributed by atoms with van der Waals surface area (Å²) in [5.41, 5.74) is 1.60. The number of nitro benzene ring substituents is 1. The SMILES string of the molecule is CC(C)N=c1scc(-c2ccco2)n1N=Cc1ccc([N+](=O)[O-])cc1. The normalized spacial score (nSPS) is 12.4. The molecule has 0 unspecified atom stereocenters. The van der Waals surface area contributed by atoms with Gasteiger partial charge in [-0.25, -0.2) is 4.68 Å². The van der Waals surface area contributed by atoms with E-state index in [4.69, 9.17) is 4.42 Å². The van der Waals surface area contributed by atoms with Crippen LogP contribution in [0.2, 0.25) is 0 Å². The van der Waals surface area contributed by atoms with Crippen molar-refractivity contribution >= 4 is 23.2 Å². The highest BCUT2D eigenvalue weighted by Gasteiger charge is 2.10. The predicted molar refractivity (Wildman–Crippen MR) is 96.8 cm³/mol. The van der Waals surface area contributed by atoms with Crippen molar-refractivity contribution in [2.75, 3.05) is 0 Å². The van der Waals surface area contributed by atoms with Crippen LogP contribution in [-0.2, 0) is 0 Å². The van der Waals surface area contributed by atoms with E-state index in [2.05, 4.69) is 10.1 Å². The van der Waals surface area contributed by atoms with E-state index in [1.54, 1.807) is 29.3 Å². The number of benzene rings is 1. The van der Waals surface area contributed by atoms with E-state index in [1.165, 1.54) is 23.5 Å². The Labute approximate surface area is 147 Å². The topological polar surface area (TPSA) is 85.9 Å². The molecule has 0 bridgehead atoms. The van der Waals surface area contributed by atoms with Crippen LogP contribution in [0.15, 0.2) is 62.6 Å². The number of thiazole rings is 1. The summed E-state index contributed by atoms with van der Waals surface area (Å²) in [6.45, 7) is 3.99. The number of furan rings is 1. The van der Waals surface area contributed by atoms with Gasteiger partial charge in [0.05, 0.1) is 17.4 Å². The van der Waals surface area contributed by atoms with E-state index in [-0.39, 0.29) is 11.7 Å². The van der Waals surface area contributed by atoms with Crippen LogP contribution in [0, 0.1) is 10.1 Å². The molecule has 0 N–H and O–H groups in total. The van der Waals surface area contributed by atoms with E-state index < -0.39 is 4.92 Å². The van der Waals surface area contributed by atoms with Gasteiger partial charge in [0.25, 0.3) is 5.69 Å². The first kappa shape index (κ1) is 16.8. The number of nitrogens with zero attached hydrogens (tertiary/aromatic N) is 4. The third-order valence-electron chi connectivity index (χ3n) is 3.25. The smallest absolute Gasteiger partial charge is 0.269 e. The molecule has 0 spiro atoms. The van der Waals surface area contributed by atoms with Gasteiger partial charge in [0.1, 0.15) is 5.69 Å². The van der Waals surface area contributed by atoms with Crippen LogP contribution in [0.1, 0.15) is 19.4 Å². The minimum absolute atomic E-state index is 0.0482. The average molecular weight is 356 g/mol. The number of nitro groups is 1. The van der Waals surface area contributed by atoms with Crippen molar-refractivity contribution in [1.29, 1.82) is 0 Å². The first-order valence-electron chi connectivity index (χ1n) is 7.61. The van der Waals surface area contributed by atoms with Crippen LogP contribution in [0.25, 0.3) is 11.5 Å². The summed E-state index contributed by atoms with van der Waals surface area (Å²) in [4.78, 5) is 15.6. The average Bonchev–Trinajstić information content (AvgIpc) is 3.22. The third kappa shape index (κ3) is 3.92. The molecular weight excluding hydrogens is 340 g/mol. The Balaban J connectivity index is 2.00. The zero-order chi connectivity index (χ0) is 17.8. The molecular formula is C17H16N4O3S. The highest BCUT2D eigenvalue weighted by atomic mass is 32.1. The second-order valence-electron chi connectivity index (χ2n) is 5.51. The molecule has 0 aliphatic carbocycles. The first-order valence-corrected chi connectivity index (χ1v) is 8.49. The quantitative estimate of drug-likeness (QED) is 0.394. The summed E-state index contributed by atoms with van der Waals surface area (Å²) in [6, 6.07) is 10.0. The Kier molecular flexibility index (Phi) is 4.90. The molecule has 3 aromatic rings. The Morgan fingerprint density at radius 3 is 2.64 bits per heavy atom. The molecule has 0 aliphatic heterocycles. The van der Waals surface area contributed by atoms with Crippen molar-refractivity contribution < 1.29 is 9.34 Å². The van der Waals surface area contributed by atoms with Gasteiger partial charge in [-0.2, -0.15) is 5.10 Å². The zero-order valence-electron chi connectivity index (χ0n) is 13.7. The molecule has 7 nitrogen and oxygen atoms in total. The number of non-ortho nitro benzene ring substituents is 1. The lowest BCUT2D eigenvalue weighted by molar-refractivity contribution is -0.384. The molecule has 0 saturated carbocycles. The van der Waals surface area contributed by atoms with Crippen molar-refractivity contribution in [3.05, 3.63) is 68.5 Å². The van der Waals surface area contributed by atoms with Crippen molar-refractivity contribution in [1.82, 2.24) is 4.68 Å².